The van der Waals surface area contributed by atoms with Gasteiger partial charge in [-0.25, -0.2) is 4.68 Å². The van der Waals surface area contributed by atoms with Crippen molar-refractivity contribution in [2.75, 3.05) is 6.54 Å². The van der Waals surface area contributed by atoms with E-state index in [0.29, 0.717) is 0 Å². The summed E-state index contributed by atoms with van der Waals surface area (Å²) >= 11 is 0. The van der Waals surface area contributed by atoms with Crippen LogP contribution < -0.4 is 5.32 Å². The molecule has 1 amide bonds. The number of tetrazole rings is 1. The second kappa shape index (κ2) is 6.16. The number of aliphatic carboxylic acids is 1. The number of carboxylic acid groups (broad SMARTS) is 1. The molecule has 0 aliphatic carbocycles. The number of hydrogen-bond donors (Lipinski definition) is 2. The highest BCUT2D eigenvalue weighted by molar-refractivity contribution is 5.78. The monoisotopic (exact) mass is 238 g/mol. The third-order valence-corrected chi connectivity index (χ3v) is 1.81. The van der Waals surface area contributed by atoms with Crippen molar-refractivity contribution in [2.45, 2.75) is 19.4 Å². The molecule has 0 spiro atoms. The first-order chi connectivity index (χ1) is 8.13. The van der Waals surface area contributed by atoms with Crippen molar-refractivity contribution in [1.82, 2.24) is 25.5 Å². The lowest BCUT2D eigenvalue weighted by atomic mass is 10.3. The van der Waals surface area contributed by atoms with Crippen LogP contribution in [0.3, 0.4) is 0 Å². The van der Waals surface area contributed by atoms with Crippen LogP contribution in [0.1, 0.15) is 12.2 Å². The topological polar surface area (TPSA) is 134 Å². The third-order valence-electron chi connectivity index (χ3n) is 1.81. The summed E-state index contributed by atoms with van der Waals surface area (Å²) < 4.78 is 1.21. The summed E-state index contributed by atoms with van der Waals surface area (Å²) in [6, 6.07) is 1.85. The first-order valence-electron chi connectivity index (χ1n) is 4.74. The number of aromatic nitrogens is 4. The molecule has 0 aromatic carbocycles. The van der Waals surface area contributed by atoms with Crippen LogP contribution in [0.15, 0.2) is 0 Å². The summed E-state index contributed by atoms with van der Waals surface area (Å²) in [4.78, 5) is 21.6. The van der Waals surface area contributed by atoms with Crippen LogP contribution in [0, 0.1) is 11.3 Å². The Morgan fingerprint density at radius 1 is 1.53 bits per heavy atom. The molecule has 0 atom stereocenters. The first kappa shape index (κ1) is 12.6. The number of carboxylic acids is 1. The molecule has 1 rings (SSSR count). The molecule has 0 fully saturated rings. The molecule has 9 nitrogen and oxygen atoms in total. The summed E-state index contributed by atoms with van der Waals surface area (Å²) in [5.41, 5.74) is 0. The van der Waals surface area contributed by atoms with Crippen molar-refractivity contribution < 1.29 is 14.7 Å². The fourth-order valence-corrected chi connectivity index (χ4v) is 1.05. The van der Waals surface area contributed by atoms with Crippen molar-refractivity contribution in [2.24, 2.45) is 0 Å². The number of hydrogen-bond acceptors (Lipinski definition) is 6. The van der Waals surface area contributed by atoms with E-state index in [1.807, 2.05) is 6.07 Å². The van der Waals surface area contributed by atoms with Crippen LogP contribution in [0.5, 0.6) is 0 Å². The Balaban J connectivity index is 2.42. The van der Waals surface area contributed by atoms with E-state index in [1.54, 1.807) is 0 Å². The highest BCUT2D eigenvalue weighted by Crippen LogP contribution is 1.93. The van der Waals surface area contributed by atoms with Gasteiger partial charge in [-0.05, 0) is 10.4 Å². The number of rotatable bonds is 6. The van der Waals surface area contributed by atoms with Gasteiger partial charge in [-0.1, -0.05) is 0 Å². The van der Waals surface area contributed by atoms with Crippen LogP contribution in [0.25, 0.3) is 0 Å². The van der Waals surface area contributed by atoms with Crippen molar-refractivity contribution >= 4 is 11.9 Å². The van der Waals surface area contributed by atoms with E-state index < -0.39 is 5.97 Å². The van der Waals surface area contributed by atoms with Crippen LogP contribution in [-0.4, -0.2) is 43.7 Å². The number of carbonyl (C=O) groups is 2. The Morgan fingerprint density at radius 2 is 2.29 bits per heavy atom. The molecule has 17 heavy (non-hydrogen) atoms. The molecule has 1 aromatic rings. The molecule has 90 valence electrons. The fourth-order valence-electron chi connectivity index (χ4n) is 1.05. The molecule has 0 aliphatic heterocycles. The molecule has 9 heteroatoms. The zero-order valence-corrected chi connectivity index (χ0v) is 8.83. The Labute approximate surface area is 96.0 Å². The van der Waals surface area contributed by atoms with Gasteiger partial charge in [-0.15, -0.1) is 5.10 Å². The van der Waals surface area contributed by atoms with E-state index in [9.17, 15) is 9.59 Å². The molecular formula is C8H10N6O3. The van der Waals surface area contributed by atoms with Gasteiger partial charge < -0.3 is 10.4 Å². The molecule has 0 aliphatic rings. The van der Waals surface area contributed by atoms with Gasteiger partial charge in [0.15, 0.2) is 5.82 Å². The molecule has 0 radical (unpaired) electrons. The summed E-state index contributed by atoms with van der Waals surface area (Å²) in [6.07, 6.45) is -0.233. The van der Waals surface area contributed by atoms with Gasteiger partial charge in [-0.3, -0.25) is 9.59 Å². The van der Waals surface area contributed by atoms with E-state index in [1.165, 1.54) is 4.68 Å². The van der Waals surface area contributed by atoms with Crippen LogP contribution in [0.4, 0.5) is 0 Å². The SMILES string of the molecule is N#CCn1nnnc1CC(=O)NCCC(=O)O. The van der Waals surface area contributed by atoms with E-state index in [2.05, 4.69) is 20.8 Å². The maximum atomic E-state index is 11.4. The normalized spacial score (nSPS) is 9.59. The Bertz CT molecular complexity index is 448. The number of nitriles is 1. The standard InChI is InChI=1S/C8H10N6O3/c9-2-4-14-6(11-12-13-14)5-7(15)10-3-1-8(16)17/h1,3-5H2,(H,10,15)(H,16,17). The van der Waals surface area contributed by atoms with Gasteiger partial charge in [0.2, 0.25) is 5.91 Å². The average molecular weight is 238 g/mol. The van der Waals surface area contributed by atoms with Gasteiger partial charge in [0.05, 0.1) is 18.9 Å². The fraction of sp³-hybridized carbons (Fsp3) is 0.500. The molecule has 0 bridgehead atoms. The predicted octanol–water partition coefficient (Wildman–Crippen LogP) is -1.67. The molecule has 1 heterocycles. The van der Waals surface area contributed by atoms with Gasteiger partial charge in [0.1, 0.15) is 6.54 Å². The molecule has 0 unspecified atom stereocenters. The summed E-state index contributed by atoms with van der Waals surface area (Å²) in [6.45, 7) is 0.0126. The smallest absolute Gasteiger partial charge is 0.305 e. The van der Waals surface area contributed by atoms with E-state index >= 15 is 0 Å². The molecular weight excluding hydrogens is 228 g/mol. The second-order valence-corrected chi connectivity index (χ2v) is 3.08. The van der Waals surface area contributed by atoms with E-state index in [-0.39, 0.29) is 37.7 Å². The van der Waals surface area contributed by atoms with Crippen LogP contribution in [-0.2, 0) is 22.6 Å². The number of nitrogens with one attached hydrogen (secondary N) is 1. The van der Waals surface area contributed by atoms with E-state index in [0.717, 1.165) is 0 Å². The molecule has 0 saturated carbocycles. The van der Waals surface area contributed by atoms with Crippen molar-refractivity contribution in [3.8, 4) is 6.07 Å². The first-order valence-corrected chi connectivity index (χ1v) is 4.74. The highest BCUT2D eigenvalue weighted by Gasteiger charge is 2.11. The minimum Gasteiger partial charge on any atom is -0.481 e. The summed E-state index contributed by atoms with van der Waals surface area (Å²) in [5, 5.41) is 29.7. The van der Waals surface area contributed by atoms with Crippen molar-refractivity contribution in [3.63, 3.8) is 0 Å². The van der Waals surface area contributed by atoms with Gasteiger partial charge in [0, 0.05) is 6.54 Å². The van der Waals surface area contributed by atoms with Crippen LogP contribution >= 0.6 is 0 Å². The lowest BCUT2D eigenvalue weighted by Crippen LogP contribution is -2.28. The van der Waals surface area contributed by atoms with Crippen LogP contribution in [0.2, 0.25) is 0 Å². The lowest BCUT2D eigenvalue weighted by molar-refractivity contribution is -0.136. The van der Waals surface area contributed by atoms with E-state index in [4.69, 9.17) is 10.4 Å². The Hall–Kier alpha value is -2.50. The predicted molar refractivity (Wildman–Crippen MR) is 52.4 cm³/mol. The maximum absolute atomic E-state index is 11.4. The summed E-state index contributed by atoms with van der Waals surface area (Å²) in [7, 11) is 0. The largest absolute Gasteiger partial charge is 0.481 e. The maximum Gasteiger partial charge on any atom is 0.305 e. The average Bonchev–Trinajstić information content (AvgIpc) is 2.66. The van der Waals surface area contributed by atoms with Crippen molar-refractivity contribution in [3.05, 3.63) is 5.82 Å². The van der Waals surface area contributed by atoms with Gasteiger partial charge >= 0.3 is 5.97 Å². The van der Waals surface area contributed by atoms with Crippen molar-refractivity contribution in [1.29, 1.82) is 5.26 Å². The minimum absolute atomic E-state index is 0.0370. The Morgan fingerprint density at radius 3 is 2.94 bits per heavy atom. The second-order valence-electron chi connectivity index (χ2n) is 3.08. The molecule has 2 N–H and O–H groups in total. The Kier molecular flexibility index (Phi) is 4.56. The summed E-state index contributed by atoms with van der Waals surface area (Å²) in [5.74, 6) is -1.11. The molecule has 0 saturated heterocycles. The zero-order valence-electron chi connectivity index (χ0n) is 8.83. The highest BCUT2D eigenvalue weighted by atomic mass is 16.4. The third kappa shape index (κ3) is 4.25. The zero-order chi connectivity index (χ0) is 12.7. The number of amides is 1. The lowest BCUT2D eigenvalue weighted by Gasteiger charge is -2.02. The van der Waals surface area contributed by atoms with Gasteiger partial charge in [0.25, 0.3) is 0 Å². The minimum atomic E-state index is -0.986. The molecule has 1 aromatic heterocycles. The quantitative estimate of drug-likeness (QED) is 0.605. The number of nitrogens with zero attached hydrogens (tertiary/aromatic N) is 5. The number of carbonyl (C=O) groups excluding carboxylic acids is 1. The van der Waals surface area contributed by atoms with Gasteiger partial charge in [-0.2, -0.15) is 5.26 Å².